The van der Waals surface area contributed by atoms with Crippen LogP contribution in [-0.4, -0.2) is 4.98 Å². The van der Waals surface area contributed by atoms with E-state index in [1.807, 2.05) is 0 Å². The quantitative estimate of drug-likeness (QED) is 0.163. The van der Waals surface area contributed by atoms with E-state index in [0.29, 0.717) is 0 Å². The molecule has 2 heteroatoms. The maximum Gasteiger partial charge on any atom is 0.124 e. The third-order valence-corrected chi connectivity index (χ3v) is 13.7. The molecule has 11 aromatic rings. The van der Waals surface area contributed by atoms with E-state index in [9.17, 15) is 0 Å². The van der Waals surface area contributed by atoms with Gasteiger partial charge in [-0.2, -0.15) is 0 Å². The van der Waals surface area contributed by atoms with Crippen LogP contribution in [0.4, 0.5) is 0 Å². The molecule has 0 fully saturated rings. The van der Waals surface area contributed by atoms with Crippen LogP contribution in [-0.2, 0) is 5.41 Å². The minimum atomic E-state index is -0.203. The molecule has 0 atom stereocenters. The van der Waals surface area contributed by atoms with Crippen molar-refractivity contribution < 1.29 is 0 Å². The number of nitrogens with zero attached hydrogens (tertiary/aromatic N) is 1. The van der Waals surface area contributed by atoms with Gasteiger partial charge in [-0.05, 0) is 141 Å². The molecular weight excluding hydrogens is 719 g/mol. The minimum Gasteiger partial charge on any atom is -0.236 e. The van der Waals surface area contributed by atoms with Crippen LogP contribution in [0.15, 0.2) is 188 Å². The first-order valence-corrected chi connectivity index (χ1v) is 20.9. The Morgan fingerprint density at radius 3 is 1.55 bits per heavy atom. The molecule has 1 nitrogen and oxygen atoms in total. The summed E-state index contributed by atoms with van der Waals surface area (Å²) in [6, 6.07) is 69.9. The lowest BCUT2D eigenvalue weighted by Crippen LogP contribution is -2.15. The maximum atomic E-state index is 4.91. The summed E-state index contributed by atoms with van der Waals surface area (Å²) in [4.78, 5) is 4.91. The van der Waals surface area contributed by atoms with Crippen LogP contribution in [0.1, 0.15) is 25.0 Å². The predicted molar refractivity (Wildman–Crippen MR) is 249 cm³/mol. The van der Waals surface area contributed by atoms with E-state index in [1.54, 1.807) is 11.3 Å². The van der Waals surface area contributed by atoms with Gasteiger partial charge in [-0.1, -0.05) is 159 Å². The van der Waals surface area contributed by atoms with Crippen LogP contribution in [0, 0.1) is 0 Å². The zero-order chi connectivity index (χ0) is 38.5. The number of rotatable bonds is 4. The first-order valence-electron chi connectivity index (χ1n) is 20.1. The van der Waals surface area contributed by atoms with E-state index in [1.165, 1.54) is 103 Å². The zero-order valence-electron chi connectivity index (χ0n) is 32.3. The van der Waals surface area contributed by atoms with E-state index < -0.39 is 0 Å². The van der Waals surface area contributed by atoms with Crippen molar-refractivity contribution in [2.45, 2.75) is 19.3 Å². The first-order chi connectivity index (χ1) is 28.5. The molecule has 58 heavy (non-hydrogen) atoms. The molecule has 0 bridgehead atoms. The molecule has 0 N–H and O–H groups in total. The van der Waals surface area contributed by atoms with Crippen molar-refractivity contribution in [3.8, 4) is 55.1 Å². The highest BCUT2D eigenvalue weighted by Gasteiger charge is 2.37. The van der Waals surface area contributed by atoms with Crippen molar-refractivity contribution in [2.24, 2.45) is 0 Å². The lowest BCUT2D eigenvalue weighted by Gasteiger charge is -2.24. The van der Waals surface area contributed by atoms with E-state index in [-0.39, 0.29) is 5.41 Å². The Morgan fingerprint density at radius 2 is 0.897 bits per heavy atom. The summed E-state index contributed by atoms with van der Waals surface area (Å²) in [7, 11) is 0. The molecular formula is C56H37NS. The van der Waals surface area contributed by atoms with Crippen LogP contribution < -0.4 is 0 Å². The highest BCUT2D eigenvalue weighted by molar-refractivity contribution is 7.21. The number of hydrogen-bond donors (Lipinski definition) is 0. The molecule has 0 unspecified atom stereocenters. The van der Waals surface area contributed by atoms with Crippen molar-refractivity contribution in [3.05, 3.63) is 199 Å². The van der Waals surface area contributed by atoms with Crippen LogP contribution in [0.3, 0.4) is 0 Å². The molecule has 0 radical (unpaired) electrons. The van der Waals surface area contributed by atoms with Crippen LogP contribution in [0.2, 0.25) is 0 Å². The summed E-state index contributed by atoms with van der Waals surface area (Å²) in [6.07, 6.45) is 0. The summed E-state index contributed by atoms with van der Waals surface area (Å²) in [5.74, 6) is 0. The smallest absolute Gasteiger partial charge is 0.124 e. The van der Waals surface area contributed by atoms with Gasteiger partial charge in [0.1, 0.15) is 5.01 Å². The van der Waals surface area contributed by atoms with Crippen molar-refractivity contribution in [3.63, 3.8) is 0 Å². The fourth-order valence-electron chi connectivity index (χ4n) is 9.70. The molecule has 1 aliphatic carbocycles. The Balaban J connectivity index is 1.07. The molecule has 0 saturated carbocycles. The highest BCUT2D eigenvalue weighted by atomic mass is 32.1. The summed E-state index contributed by atoms with van der Waals surface area (Å²) >= 11 is 1.75. The number of fused-ring (bicyclic) bond motifs is 8. The average molecular weight is 756 g/mol. The van der Waals surface area contributed by atoms with Crippen LogP contribution in [0.5, 0.6) is 0 Å². The second-order valence-electron chi connectivity index (χ2n) is 16.3. The molecule has 12 rings (SSSR count). The molecule has 1 aromatic heterocycles. The summed E-state index contributed by atoms with van der Waals surface area (Å²) in [5, 5.41) is 11.2. The van der Waals surface area contributed by atoms with Gasteiger partial charge in [0.25, 0.3) is 0 Å². The van der Waals surface area contributed by atoms with Crippen molar-refractivity contribution >= 4 is 64.6 Å². The van der Waals surface area contributed by atoms with Crippen LogP contribution in [0.25, 0.3) is 108 Å². The van der Waals surface area contributed by atoms with Gasteiger partial charge in [0, 0.05) is 11.0 Å². The summed E-state index contributed by atoms with van der Waals surface area (Å²) < 4.78 is 1.22. The number of para-hydroxylation sites is 1. The standard InChI is InChI=1S/C56H37NS/c1-56(2)49-31-40(36-19-23-37(24-20-36)55-57-51-17-9-10-18-52(51)58-55)27-28-43(49)46-32-47-48(33-50(46)56)54(42-26-22-35-12-4-6-14-39(35)30-42)45-16-8-7-15-44(45)53(47)41-25-21-34-11-3-5-13-38(34)29-41/h3-33H,1-2H3. The van der Waals surface area contributed by atoms with Gasteiger partial charge in [-0.3, -0.25) is 0 Å². The normalized spacial score (nSPS) is 13.1. The third kappa shape index (κ3) is 5.05. The number of benzene rings is 10. The Bertz CT molecular complexity index is 3440. The van der Waals surface area contributed by atoms with E-state index in [2.05, 4.69) is 202 Å². The second kappa shape index (κ2) is 12.6. The summed E-state index contributed by atoms with van der Waals surface area (Å²) in [5.41, 5.74) is 14.9. The average Bonchev–Trinajstić information content (AvgIpc) is 3.80. The Morgan fingerprint density at radius 1 is 0.379 bits per heavy atom. The molecule has 0 spiro atoms. The largest absolute Gasteiger partial charge is 0.236 e. The maximum absolute atomic E-state index is 4.91. The van der Waals surface area contributed by atoms with Gasteiger partial charge in [0.2, 0.25) is 0 Å². The molecule has 0 saturated heterocycles. The highest BCUT2D eigenvalue weighted by Crippen LogP contribution is 2.54. The van der Waals surface area contributed by atoms with E-state index in [4.69, 9.17) is 4.98 Å². The molecule has 10 aromatic carbocycles. The SMILES string of the molecule is CC1(C)c2cc(-c3ccc(-c4nc5ccccc5s4)cc3)ccc2-c2cc3c(-c4ccc5ccccc5c4)c4ccccc4c(-c4ccc5ccccc5c4)c3cc21. The van der Waals surface area contributed by atoms with Gasteiger partial charge in [-0.25, -0.2) is 4.98 Å². The molecule has 0 aliphatic heterocycles. The van der Waals surface area contributed by atoms with Gasteiger partial charge in [0.05, 0.1) is 10.2 Å². The van der Waals surface area contributed by atoms with E-state index >= 15 is 0 Å². The number of aromatic nitrogens is 1. The second-order valence-corrected chi connectivity index (χ2v) is 17.3. The fourth-order valence-corrected chi connectivity index (χ4v) is 10.7. The van der Waals surface area contributed by atoms with Gasteiger partial charge in [-0.15, -0.1) is 11.3 Å². The topological polar surface area (TPSA) is 12.9 Å². The Kier molecular flexibility index (Phi) is 7.21. The predicted octanol–water partition coefficient (Wildman–Crippen LogP) is 15.9. The zero-order valence-corrected chi connectivity index (χ0v) is 33.1. The van der Waals surface area contributed by atoms with Gasteiger partial charge < -0.3 is 0 Å². The van der Waals surface area contributed by atoms with Crippen molar-refractivity contribution in [1.82, 2.24) is 4.98 Å². The van der Waals surface area contributed by atoms with E-state index in [0.717, 1.165) is 16.1 Å². The Labute approximate surface area is 341 Å². The molecule has 1 aliphatic rings. The Hall–Kier alpha value is -6.87. The lowest BCUT2D eigenvalue weighted by atomic mass is 9.79. The van der Waals surface area contributed by atoms with Crippen LogP contribution >= 0.6 is 11.3 Å². The summed E-state index contributed by atoms with van der Waals surface area (Å²) in [6.45, 7) is 4.81. The van der Waals surface area contributed by atoms with Gasteiger partial charge >= 0.3 is 0 Å². The molecule has 272 valence electrons. The van der Waals surface area contributed by atoms with Gasteiger partial charge in [0.15, 0.2) is 0 Å². The fraction of sp³-hybridized carbons (Fsp3) is 0.0536. The lowest BCUT2D eigenvalue weighted by molar-refractivity contribution is 0.661. The molecule has 0 amide bonds. The minimum absolute atomic E-state index is 0.203. The van der Waals surface area contributed by atoms with Crippen molar-refractivity contribution in [1.29, 1.82) is 0 Å². The first kappa shape index (κ1) is 33.3. The van der Waals surface area contributed by atoms with Crippen molar-refractivity contribution in [2.75, 3.05) is 0 Å². The molecule has 1 heterocycles. The number of thiazole rings is 1. The third-order valence-electron chi connectivity index (χ3n) is 12.7. The number of hydrogen-bond acceptors (Lipinski definition) is 2. The monoisotopic (exact) mass is 755 g/mol.